The van der Waals surface area contributed by atoms with Crippen LogP contribution in [0.15, 0.2) is 64.8 Å². The molecule has 114 valence electrons. The predicted molar refractivity (Wildman–Crippen MR) is 83.6 cm³/mol. The molecule has 0 bridgehead atoms. The first-order valence-corrected chi connectivity index (χ1v) is 7.09. The van der Waals surface area contributed by atoms with Crippen LogP contribution in [0.25, 0.3) is 0 Å². The van der Waals surface area contributed by atoms with Crippen molar-refractivity contribution < 1.29 is 14.3 Å². The molecule has 5 heteroatoms. The van der Waals surface area contributed by atoms with Crippen LogP contribution in [0.5, 0.6) is 11.5 Å². The molecule has 2 rings (SSSR count). The van der Waals surface area contributed by atoms with E-state index in [1.54, 1.807) is 38.1 Å². The molecule has 0 saturated heterocycles. The van der Waals surface area contributed by atoms with Crippen LogP contribution in [0.2, 0.25) is 0 Å². The normalized spacial score (nSPS) is 12.1. The maximum Gasteiger partial charge on any atom is 0.332 e. The highest BCUT2D eigenvalue weighted by Crippen LogP contribution is 2.24. The van der Waals surface area contributed by atoms with Gasteiger partial charge in [0.1, 0.15) is 11.5 Å². The van der Waals surface area contributed by atoms with Gasteiger partial charge in [0.2, 0.25) is 0 Å². The van der Waals surface area contributed by atoms with Crippen LogP contribution in [-0.2, 0) is 9.53 Å². The van der Waals surface area contributed by atoms with E-state index in [-0.39, 0.29) is 5.97 Å². The number of hydrogen-bond donors (Lipinski definition) is 0. The molecular weight excluding hydrogens is 280 g/mol. The minimum atomic E-state index is -0.611. The molecule has 2 aromatic rings. The van der Waals surface area contributed by atoms with Gasteiger partial charge in [0.05, 0.1) is 12.3 Å². The molecule has 0 aliphatic rings. The summed E-state index contributed by atoms with van der Waals surface area (Å²) in [5, 5.41) is 7.96. The van der Waals surface area contributed by atoms with Crippen molar-refractivity contribution in [2.45, 2.75) is 19.9 Å². The third-order valence-electron chi connectivity index (χ3n) is 2.79. The molecule has 0 spiro atoms. The third-order valence-corrected chi connectivity index (χ3v) is 2.79. The van der Waals surface area contributed by atoms with E-state index in [0.717, 1.165) is 5.75 Å². The second-order valence-corrected chi connectivity index (χ2v) is 4.55. The number of nitrogens with zero attached hydrogens (tertiary/aromatic N) is 2. The number of hydrogen-bond acceptors (Lipinski definition) is 5. The van der Waals surface area contributed by atoms with Crippen LogP contribution in [-0.4, -0.2) is 18.6 Å². The van der Waals surface area contributed by atoms with E-state index in [0.29, 0.717) is 18.0 Å². The quantitative estimate of drug-likeness (QED) is 0.582. The standard InChI is InChI=1S/C17H18N2O3/c1-3-21-17(20)13(2)18-19-14-9-11-16(12-10-14)22-15-7-5-4-6-8-15/h4-13H,3H2,1-2H3. The number of para-hydroxylation sites is 1. The van der Waals surface area contributed by atoms with Gasteiger partial charge in [-0.1, -0.05) is 18.2 Å². The van der Waals surface area contributed by atoms with Gasteiger partial charge in [-0.25, -0.2) is 4.79 Å². The van der Waals surface area contributed by atoms with Gasteiger partial charge >= 0.3 is 5.97 Å². The van der Waals surface area contributed by atoms with E-state index in [4.69, 9.17) is 9.47 Å². The predicted octanol–water partition coefficient (Wildman–Crippen LogP) is 4.51. The van der Waals surface area contributed by atoms with Crippen molar-refractivity contribution in [2.24, 2.45) is 10.2 Å². The average Bonchev–Trinajstić information content (AvgIpc) is 2.55. The van der Waals surface area contributed by atoms with Crippen molar-refractivity contribution in [3.63, 3.8) is 0 Å². The van der Waals surface area contributed by atoms with Crippen molar-refractivity contribution in [3.05, 3.63) is 54.6 Å². The Balaban J connectivity index is 1.96. The van der Waals surface area contributed by atoms with E-state index in [1.165, 1.54) is 0 Å². The Bertz CT molecular complexity index is 624. The Hall–Kier alpha value is -2.69. The molecule has 5 nitrogen and oxygen atoms in total. The lowest BCUT2D eigenvalue weighted by Gasteiger charge is -2.05. The zero-order valence-electron chi connectivity index (χ0n) is 12.6. The van der Waals surface area contributed by atoms with E-state index < -0.39 is 6.04 Å². The van der Waals surface area contributed by atoms with Gasteiger partial charge in [-0.3, -0.25) is 0 Å². The number of azo groups is 1. The third kappa shape index (κ3) is 4.70. The highest BCUT2D eigenvalue weighted by molar-refractivity contribution is 5.75. The van der Waals surface area contributed by atoms with Crippen molar-refractivity contribution in [1.29, 1.82) is 0 Å². The fourth-order valence-electron chi connectivity index (χ4n) is 1.67. The Morgan fingerprint density at radius 1 is 1.05 bits per heavy atom. The van der Waals surface area contributed by atoms with Gasteiger partial charge in [-0.15, -0.1) is 0 Å². The van der Waals surface area contributed by atoms with Gasteiger partial charge in [-0.05, 0) is 50.2 Å². The van der Waals surface area contributed by atoms with Gasteiger partial charge < -0.3 is 9.47 Å². The van der Waals surface area contributed by atoms with Crippen LogP contribution in [0.3, 0.4) is 0 Å². The zero-order valence-corrected chi connectivity index (χ0v) is 12.6. The first-order valence-electron chi connectivity index (χ1n) is 7.09. The number of carbonyl (C=O) groups excluding carboxylic acids is 1. The zero-order chi connectivity index (χ0) is 15.8. The molecule has 0 aliphatic carbocycles. The summed E-state index contributed by atoms with van der Waals surface area (Å²) in [5.74, 6) is 1.10. The summed E-state index contributed by atoms with van der Waals surface area (Å²) < 4.78 is 10.5. The SMILES string of the molecule is CCOC(=O)C(C)N=Nc1ccc(Oc2ccccc2)cc1. The maximum atomic E-state index is 11.4. The van der Waals surface area contributed by atoms with E-state index in [1.807, 2.05) is 30.3 Å². The Labute approximate surface area is 129 Å². The summed E-state index contributed by atoms with van der Waals surface area (Å²) in [7, 11) is 0. The van der Waals surface area contributed by atoms with Crippen molar-refractivity contribution in [3.8, 4) is 11.5 Å². The summed E-state index contributed by atoms with van der Waals surface area (Å²) in [6.07, 6.45) is 0. The highest BCUT2D eigenvalue weighted by atomic mass is 16.5. The molecule has 0 fully saturated rings. The monoisotopic (exact) mass is 298 g/mol. The lowest BCUT2D eigenvalue weighted by molar-refractivity contribution is -0.144. The lowest BCUT2D eigenvalue weighted by Crippen LogP contribution is -2.17. The van der Waals surface area contributed by atoms with Crippen LogP contribution < -0.4 is 4.74 Å². The topological polar surface area (TPSA) is 60.2 Å². The summed E-state index contributed by atoms with van der Waals surface area (Å²) >= 11 is 0. The number of benzene rings is 2. The molecule has 1 atom stereocenters. The molecule has 0 heterocycles. The summed E-state index contributed by atoms with van der Waals surface area (Å²) in [5.41, 5.74) is 0.650. The summed E-state index contributed by atoms with van der Waals surface area (Å²) in [4.78, 5) is 11.4. The fraction of sp³-hybridized carbons (Fsp3) is 0.235. The maximum absolute atomic E-state index is 11.4. The second kappa shape index (κ2) is 7.93. The highest BCUT2D eigenvalue weighted by Gasteiger charge is 2.12. The number of ether oxygens (including phenoxy) is 2. The largest absolute Gasteiger partial charge is 0.464 e. The number of rotatable bonds is 6. The van der Waals surface area contributed by atoms with Crippen LogP contribution in [0, 0.1) is 0 Å². The molecule has 0 N–H and O–H groups in total. The lowest BCUT2D eigenvalue weighted by atomic mass is 10.3. The summed E-state index contributed by atoms with van der Waals surface area (Å²) in [6, 6.07) is 16.1. The molecule has 0 amide bonds. The molecule has 22 heavy (non-hydrogen) atoms. The minimum Gasteiger partial charge on any atom is -0.464 e. The smallest absolute Gasteiger partial charge is 0.332 e. The molecule has 0 aliphatic heterocycles. The molecular formula is C17H18N2O3. The van der Waals surface area contributed by atoms with Crippen LogP contribution >= 0.6 is 0 Å². The molecule has 1 unspecified atom stereocenters. The van der Waals surface area contributed by atoms with E-state index in [9.17, 15) is 4.79 Å². The average molecular weight is 298 g/mol. The fourth-order valence-corrected chi connectivity index (χ4v) is 1.67. The molecule has 0 radical (unpaired) electrons. The second-order valence-electron chi connectivity index (χ2n) is 4.55. The Kier molecular flexibility index (Phi) is 5.65. The number of carbonyl (C=O) groups is 1. The van der Waals surface area contributed by atoms with Crippen molar-refractivity contribution in [1.82, 2.24) is 0 Å². The molecule has 0 aromatic heterocycles. The van der Waals surface area contributed by atoms with E-state index >= 15 is 0 Å². The van der Waals surface area contributed by atoms with Gasteiger partial charge in [-0.2, -0.15) is 10.2 Å². The molecule has 2 aromatic carbocycles. The van der Waals surface area contributed by atoms with Gasteiger partial charge in [0, 0.05) is 0 Å². The minimum absolute atomic E-state index is 0.338. The summed E-state index contributed by atoms with van der Waals surface area (Å²) in [6.45, 7) is 3.74. The van der Waals surface area contributed by atoms with Crippen molar-refractivity contribution in [2.75, 3.05) is 6.61 Å². The number of esters is 1. The molecule has 0 saturated carbocycles. The first kappa shape index (κ1) is 15.7. The Morgan fingerprint density at radius 2 is 1.68 bits per heavy atom. The van der Waals surface area contributed by atoms with Crippen molar-refractivity contribution >= 4 is 11.7 Å². The Morgan fingerprint density at radius 3 is 2.32 bits per heavy atom. The van der Waals surface area contributed by atoms with Crippen LogP contribution in [0.4, 0.5) is 5.69 Å². The van der Waals surface area contributed by atoms with E-state index in [2.05, 4.69) is 10.2 Å². The first-order chi connectivity index (χ1) is 10.7. The van der Waals surface area contributed by atoms with Crippen LogP contribution in [0.1, 0.15) is 13.8 Å². The van der Waals surface area contributed by atoms with Gasteiger partial charge in [0.15, 0.2) is 6.04 Å². The van der Waals surface area contributed by atoms with Gasteiger partial charge in [0.25, 0.3) is 0 Å².